The lowest BCUT2D eigenvalue weighted by molar-refractivity contribution is -0.00249. The molecule has 0 spiro atoms. The van der Waals surface area contributed by atoms with Crippen molar-refractivity contribution >= 4 is 0 Å². The molecule has 1 rings (SSSR count). The van der Waals surface area contributed by atoms with Gasteiger partial charge in [-0.2, -0.15) is 0 Å². The Bertz CT molecular complexity index is 132. The zero-order valence-corrected chi connectivity index (χ0v) is 6.76. The molecule has 11 heavy (non-hydrogen) atoms. The molecule has 2 nitrogen and oxygen atoms in total. The van der Waals surface area contributed by atoms with Crippen LogP contribution in [0.2, 0.25) is 0 Å². The number of nitrogens with zero attached hydrogens (tertiary/aromatic N) is 1. The van der Waals surface area contributed by atoms with Crippen molar-refractivity contribution in [2.75, 3.05) is 27.2 Å². The van der Waals surface area contributed by atoms with E-state index in [0.29, 0.717) is 13.1 Å². The van der Waals surface area contributed by atoms with Crippen molar-refractivity contribution < 1.29 is 13.5 Å². The van der Waals surface area contributed by atoms with Crippen molar-refractivity contribution in [1.29, 1.82) is 0 Å². The van der Waals surface area contributed by atoms with Crippen LogP contribution in [0, 0.1) is 5.92 Å². The molecule has 0 saturated carbocycles. The summed E-state index contributed by atoms with van der Waals surface area (Å²) in [6.07, 6.45) is -2.55. The molecule has 0 aliphatic carbocycles. The van der Waals surface area contributed by atoms with Gasteiger partial charge in [-0.05, 0) is 7.05 Å². The summed E-state index contributed by atoms with van der Waals surface area (Å²) in [5.74, 6) is -0.606. The van der Waals surface area contributed by atoms with Gasteiger partial charge in [0.2, 0.25) is 6.43 Å². The molecule has 0 unspecified atom stereocenters. The molecule has 1 saturated heterocycles. The summed E-state index contributed by atoms with van der Waals surface area (Å²) in [5, 5.41) is 0. The molecule has 0 amide bonds. The summed E-state index contributed by atoms with van der Waals surface area (Å²) in [6, 6.07) is 0. The van der Waals surface area contributed by atoms with Gasteiger partial charge in [0, 0.05) is 20.2 Å². The largest absolute Gasteiger partial charge is 0.380 e. The van der Waals surface area contributed by atoms with Gasteiger partial charge in [-0.25, -0.2) is 8.78 Å². The second kappa shape index (κ2) is 3.45. The number of likely N-dealkylation sites (tertiary alicyclic amines) is 1. The van der Waals surface area contributed by atoms with Crippen LogP contribution < -0.4 is 0 Å². The summed E-state index contributed by atoms with van der Waals surface area (Å²) in [6.45, 7) is 1.06. The molecule has 66 valence electrons. The molecule has 0 bridgehead atoms. The summed E-state index contributed by atoms with van der Waals surface area (Å²) in [5.41, 5.74) is 0. The fraction of sp³-hybridized carbons (Fsp3) is 1.00. The van der Waals surface area contributed by atoms with Gasteiger partial charge in [0.15, 0.2) is 0 Å². The summed E-state index contributed by atoms with van der Waals surface area (Å²) in [4.78, 5) is 1.87. The van der Waals surface area contributed by atoms with Crippen molar-refractivity contribution in [3.63, 3.8) is 0 Å². The van der Waals surface area contributed by atoms with E-state index >= 15 is 0 Å². The third kappa shape index (κ3) is 1.87. The number of halogens is 2. The van der Waals surface area contributed by atoms with Crippen LogP contribution in [0.25, 0.3) is 0 Å². The molecule has 1 aliphatic heterocycles. The Balaban J connectivity index is 2.50. The molecule has 2 atom stereocenters. The monoisotopic (exact) mass is 165 g/mol. The zero-order chi connectivity index (χ0) is 8.43. The molecule has 1 fully saturated rings. The Hall–Kier alpha value is -0.220. The summed E-state index contributed by atoms with van der Waals surface area (Å²) < 4.78 is 29.4. The first-order chi connectivity index (χ1) is 5.15. The predicted molar refractivity (Wildman–Crippen MR) is 37.8 cm³/mol. The number of alkyl halides is 2. The lowest BCUT2D eigenvalue weighted by Crippen LogP contribution is -2.26. The van der Waals surface area contributed by atoms with Crippen LogP contribution in [0.4, 0.5) is 8.78 Å². The average molecular weight is 165 g/mol. The van der Waals surface area contributed by atoms with E-state index in [-0.39, 0.29) is 6.10 Å². The topological polar surface area (TPSA) is 12.5 Å². The maximum atomic E-state index is 12.2. The number of ether oxygens (including phenoxy) is 1. The molecular formula is C7H13F2NO. The normalized spacial score (nSPS) is 33.5. The van der Waals surface area contributed by atoms with Gasteiger partial charge < -0.3 is 9.64 Å². The van der Waals surface area contributed by atoms with Gasteiger partial charge >= 0.3 is 0 Å². The fourth-order valence-electron chi connectivity index (χ4n) is 1.49. The highest BCUT2D eigenvalue weighted by molar-refractivity contribution is 4.84. The molecule has 0 aromatic heterocycles. The number of rotatable bonds is 2. The number of hydrogen-bond donors (Lipinski definition) is 0. The molecule has 1 aliphatic rings. The van der Waals surface area contributed by atoms with E-state index in [1.54, 1.807) is 0 Å². The number of hydrogen-bond acceptors (Lipinski definition) is 2. The first-order valence-corrected chi connectivity index (χ1v) is 3.64. The first-order valence-electron chi connectivity index (χ1n) is 3.64. The Morgan fingerprint density at radius 3 is 2.45 bits per heavy atom. The number of methoxy groups -OCH3 is 1. The molecule has 1 heterocycles. The minimum absolute atomic E-state index is 0.292. The van der Waals surface area contributed by atoms with Crippen LogP contribution in [0.3, 0.4) is 0 Å². The van der Waals surface area contributed by atoms with E-state index in [1.165, 1.54) is 7.11 Å². The highest BCUT2D eigenvalue weighted by Gasteiger charge is 2.36. The van der Waals surface area contributed by atoms with E-state index in [1.807, 2.05) is 11.9 Å². The third-order valence-electron chi connectivity index (χ3n) is 2.12. The van der Waals surface area contributed by atoms with Crippen LogP contribution in [0.1, 0.15) is 0 Å². The minimum atomic E-state index is -2.26. The van der Waals surface area contributed by atoms with Gasteiger partial charge in [-0.3, -0.25) is 0 Å². The predicted octanol–water partition coefficient (Wildman–Crippen LogP) is 0.828. The Labute approximate surface area is 65.1 Å². The molecule has 4 heteroatoms. The van der Waals surface area contributed by atoms with Crippen LogP contribution in [-0.2, 0) is 4.74 Å². The summed E-state index contributed by atoms with van der Waals surface area (Å²) in [7, 11) is 3.31. The van der Waals surface area contributed by atoms with Crippen molar-refractivity contribution in [3.8, 4) is 0 Å². The van der Waals surface area contributed by atoms with Crippen LogP contribution in [0.15, 0.2) is 0 Å². The molecule has 0 aromatic carbocycles. The Morgan fingerprint density at radius 1 is 1.45 bits per heavy atom. The fourth-order valence-corrected chi connectivity index (χ4v) is 1.49. The van der Waals surface area contributed by atoms with Crippen molar-refractivity contribution in [1.82, 2.24) is 4.90 Å². The van der Waals surface area contributed by atoms with Crippen molar-refractivity contribution in [3.05, 3.63) is 0 Å². The van der Waals surface area contributed by atoms with Crippen LogP contribution in [0.5, 0.6) is 0 Å². The van der Waals surface area contributed by atoms with Crippen molar-refractivity contribution in [2.45, 2.75) is 12.5 Å². The third-order valence-corrected chi connectivity index (χ3v) is 2.12. The van der Waals surface area contributed by atoms with Crippen LogP contribution in [-0.4, -0.2) is 44.7 Å². The Morgan fingerprint density at radius 2 is 2.09 bits per heavy atom. The number of likely N-dealkylation sites (N-methyl/N-ethyl adjacent to an activating group) is 1. The van der Waals surface area contributed by atoms with Gasteiger partial charge in [0.05, 0.1) is 12.0 Å². The Kier molecular flexibility index (Phi) is 2.78. The van der Waals surface area contributed by atoms with E-state index in [0.717, 1.165) is 0 Å². The van der Waals surface area contributed by atoms with Gasteiger partial charge in [-0.15, -0.1) is 0 Å². The lowest BCUT2D eigenvalue weighted by atomic mass is 10.1. The van der Waals surface area contributed by atoms with Crippen LogP contribution >= 0.6 is 0 Å². The highest BCUT2D eigenvalue weighted by Crippen LogP contribution is 2.23. The molecular weight excluding hydrogens is 152 g/mol. The van der Waals surface area contributed by atoms with E-state index in [4.69, 9.17) is 4.74 Å². The average Bonchev–Trinajstić information content (AvgIpc) is 2.30. The maximum Gasteiger partial charge on any atom is 0.245 e. The maximum absolute atomic E-state index is 12.2. The van der Waals surface area contributed by atoms with Gasteiger partial charge in [-0.1, -0.05) is 0 Å². The first kappa shape index (κ1) is 8.87. The molecule has 0 N–H and O–H groups in total. The van der Waals surface area contributed by atoms with Gasteiger partial charge in [0.25, 0.3) is 0 Å². The highest BCUT2D eigenvalue weighted by atomic mass is 19.3. The van der Waals surface area contributed by atoms with Gasteiger partial charge in [0.1, 0.15) is 0 Å². The quantitative estimate of drug-likeness (QED) is 0.601. The second-order valence-electron chi connectivity index (χ2n) is 2.99. The smallest absolute Gasteiger partial charge is 0.245 e. The molecule has 0 aromatic rings. The summed E-state index contributed by atoms with van der Waals surface area (Å²) >= 11 is 0. The molecule has 0 radical (unpaired) electrons. The minimum Gasteiger partial charge on any atom is -0.380 e. The lowest BCUT2D eigenvalue weighted by Gasteiger charge is -2.14. The second-order valence-corrected chi connectivity index (χ2v) is 2.99. The standard InChI is InChI=1S/C7H13F2NO/c1-10-3-5(7(8)9)6(4-10)11-2/h5-7H,3-4H2,1-2H3/t5-,6-/m0/s1. The van der Waals surface area contributed by atoms with Crippen molar-refractivity contribution in [2.24, 2.45) is 5.92 Å². The van der Waals surface area contributed by atoms with E-state index < -0.39 is 12.3 Å². The van der Waals surface area contributed by atoms with E-state index in [9.17, 15) is 8.78 Å². The van der Waals surface area contributed by atoms with E-state index in [2.05, 4.69) is 0 Å². The SMILES string of the molecule is CO[C@H]1CN(C)C[C@@H]1C(F)F. The zero-order valence-electron chi connectivity index (χ0n) is 6.76.